The number of amides is 1. The van der Waals surface area contributed by atoms with Crippen LogP contribution in [0.3, 0.4) is 0 Å². The predicted octanol–water partition coefficient (Wildman–Crippen LogP) is 1.97. The van der Waals surface area contributed by atoms with Crippen molar-refractivity contribution in [1.82, 2.24) is 29.5 Å². The van der Waals surface area contributed by atoms with Gasteiger partial charge in [0.15, 0.2) is 5.65 Å². The standard InChI is InChI=1S/C25H29N7O4/c1-26-22-10-18(29-24-16(12-28-32(22)24)25(34)30-17-5-6-20(17)33)15-11-27-23-14(15)4-3-8-31(23)19-7-9-36-13-21(19)35-2/h3-4,8,10-12,17,19-21,26,33H,5-7,9,13H2,1-2H3,(H,30,34)/t17?,19?,20?,21-/m0/s1. The van der Waals surface area contributed by atoms with E-state index in [0.29, 0.717) is 42.4 Å². The molecule has 3 unspecified atom stereocenters. The second kappa shape index (κ2) is 9.16. The molecule has 188 valence electrons. The normalized spacial score (nSPS) is 24.1. The van der Waals surface area contributed by atoms with E-state index in [1.165, 1.54) is 6.20 Å². The molecule has 0 spiro atoms. The number of carbonyl (C=O) groups is 1. The van der Waals surface area contributed by atoms with Crippen LogP contribution in [0.4, 0.5) is 5.82 Å². The van der Waals surface area contributed by atoms with Gasteiger partial charge in [-0.25, -0.2) is 9.97 Å². The van der Waals surface area contributed by atoms with Gasteiger partial charge in [-0.15, -0.1) is 0 Å². The van der Waals surface area contributed by atoms with Gasteiger partial charge >= 0.3 is 0 Å². The van der Waals surface area contributed by atoms with Crippen LogP contribution in [-0.4, -0.2) is 80.8 Å². The van der Waals surface area contributed by atoms with Crippen LogP contribution >= 0.6 is 0 Å². The number of hydrogen-bond acceptors (Lipinski definition) is 8. The largest absolute Gasteiger partial charge is 0.391 e. The lowest BCUT2D eigenvalue weighted by molar-refractivity contribution is -0.0600. The number of nitrogens with zero attached hydrogens (tertiary/aromatic N) is 5. The molecule has 0 bridgehead atoms. The lowest BCUT2D eigenvalue weighted by Gasteiger charge is -2.33. The third kappa shape index (κ3) is 3.71. The number of aromatic nitrogens is 5. The molecule has 6 rings (SSSR count). The molecule has 1 aliphatic carbocycles. The van der Waals surface area contributed by atoms with Gasteiger partial charge in [-0.1, -0.05) is 0 Å². The number of fused-ring (bicyclic) bond motifs is 2. The number of nitrogens with one attached hydrogen (secondary N) is 2. The summed E-state index contributed by atoms with van der Waals surface area (Å²) in [7, 11) is 3.51. The molecule has 2 fully saturated rings. The van der Waals surface area contributed by atoms with Crippen molar-refractivity contribution in [2.24, 2.45) is 0 Å². The summed E-state index contributed by atoms with van der Waals surface area (Å²) < 4.78 is 15.1. The monoisotopic (exact) mass is 491 g/mol. The Hall–Kier alpha value is -3.54. The van der Waals surface area contributed by atoms with Crippen molar-refractivity contribution in [2.45, 2.75) is 43.6 Å². The minimum Gasteiger partial charge on any atom is -0.391 e. The Morgan fingerprint density at radius 1 is 1.25 bits per heavy atom. The van der Waals surface area contributed by atoms with Crippen LogP contribution in [0.25, 0.3) is 28.3 Å². The van der Waals surface area contributed by atoms with E-state index in [1.807, 2.05) is 30.6 Å². The first kappa shape index (κ1) is 22.9. The average Bonchev–Trinajstić information content (AvgIpc) is 3.54. The van der Waals surface area contributed by atoms with Gasteiger partial charge in [0.05, 0.1) is 36.7 Å². The van der Waals surface area contributed by atoms with Crippen LogP contribution in [0.1, 0.15) is 35.7 Å². The van der Waals surface area contributed by atoms with Crippen molar-refractivity contribution in [3.05, 3.63) is 42.4 Å². The summed E-state index contributed by atoms with van der Waals surface area (Å²) in [6.45, 7) is 1.22. The number of rotatable bonds is 6. The van der Waals surface area contributed by atoms with Crippen LogP contribution in [0.2, 0.25) is 0 Å². The molecule has 3 N–H and O–H groups in total. The lowest BCUT2D eigenvalue weighted by Crippen LogP contribution is -2.50. The maximum absolute atomic E-state index is 13.0. The summed E-state index contributed by atoms with van der Waals surface area (Å²) in [5, 5.41) is 20.3. The number of anilines is 1. The molecule has 4 atom stereocenters. The fourth-order valence-corrected chi connectivity index (χ4v) is 5.11. The predicted molar refractivity (Wildman–Crippen MR) is 132 cm³/mol. The lowest BCUT2D eigenvalue weighted by atomic mass is 9.89. The van der Waals surface area contributed by atoms with Crippen LogP contribution < -0.4 is 10.6 Å². The van der Waals surface area contributed by atoms with E-state index >= 15 is 0 Å². The Bertz CT molecular complexity index is 1380. The molecule has 1 saturated carbocycles. The van der Waals surface area contributed by atoms with Crippen molar-refractivity contribution < 1.29 is 19.4 Å². The van der Waals surface area contributed by atoms with E-state index in [2.05, 4.69) is 20.3 Å². The van der Waals surface area contributed by atoms with Gasteiger partial charge in [-0.3, -0.25) is 4.79 Å². The maximum Gasteiger partial charge on any atom is 0.257 e. The molecule has 0 aromatic carbocycles. The van der Waals surface area contributed by atoms with Gasteiger partial charge in [0, 0.05) is 50.4 Å². The summed E-state index contributed by atoms with van der Waals surface area (Å²) in [5.74, 6) is 1.24. The average molecular weight is 492 g/mol. The quantitative estimate of drug-likeness (QED) is 0.374. The van der Waals surface area contributed by atoms with Gasteiger partial charge in [0.25, 0.3) is 5.91 Å². The Labute approximate surface area is 207 Å². The first-order valence-corrected chi connectivity index (χ1v) is 12.2. The fraction of sp³-hybridized carbons (Fsp3) is 0.440. The van der Waals surface area contributed by atoms with E-state index in [-0.39, 0.29) is 24.1 Å². The summed E-state index contributed by atoms with van der Waals surface area (Å²) >= 11 is 0. The summed E-state index contributed by atoms with van der Waals surface area (Å²) in [6, 6.07) is 5.82. The first-order chi connectivity index (χ1) is 17.6. The van der Waals surface area contributed by atoms with Gasteiger partial charge < -0.3 is 29.8 Å². The number of methoxy groups -OCH3 is 1. The maximum atomic E-state index is 13.0. The molecule has 36 heavy (non-hydrogen) atoms. The molecule has 1 amide bonds. The van der Waals surface area contributed by atoms with E-state index in [0.717, 1.165) is 29.8 Å². The molecular formula is C25H29N7O4. The molecule has 3 aliphatic heterocycles. The zero-order chi connectivity index (χ0) is 24.8. The molecule has 4 aliphatic rings. The molecular weight excluding hydrogens is 462 g/mol. The molecule has 1 saturated heterocycles. The third-order valence-corrected chi connectivity index (χ3v) is 7.33. The number of carbonyl (C=O) groups excluding carboxylic acids is 1. The minimum atomic E-state index is -0.505. The second-order valence-electron chi connectivity index (χ2n) is 9.32. The highest BCUT2D eigenvalue weighted by Crippen LogP contribution is 2.37. The van der Waals surface area contributed by atoms with Gasteiger partial charge in [0.2, 0.25) is 0 Å². The van der Waals surface area contributed by atoms with Gasteiger partial charge in [-0.2, -0.15) is 9.61 Å². The Kier molecular flexibility index (Phi) is 5.82. The van der Waals surface area contributed by atoms with Crippen LogP contribution in [0.5, 0.6) is 0 Å². The van der Waals surface area contributed by atoms with Gasteiger partial charge in [0.1, 0.15) is 23.3 Å². The Morgan fingerprint density at radius 3 is 2.89 bits per heavy atom. The SMILES string of the molecule is CNc1cc(-c2cnc3n(C4CCOC[C@@H]4OC)cccc2-3)nc2c(C(=O)NC3CCC3O)cnn12. The van der Waals surface area contributed by atoms with Crippen LogP contribution in [-0.2, 0) is 9.47 Å². The third-order valence-electron chi connectivity index (χ3n) is 7.33. The zero-order valence-corrected chi connectivity index (χ0v) is 20.2. The van der Waals surface area contributed by atoms with Crippen LogP contribution in [0.15, 0.2) is 36.8 Å². The van der Waals surface area contributed by atoms with Gasteiger partial charge in [-0.05, 0) is 31.4 Å². The molecule has 2 aromatic rings. The minimum absolute atomic E-state index is 0.0538. The van der Waals surface area contributed by atoms with E-state index in [1.54, 1.807) is 18.7 Å². The van der Waals surface area contributed by atoms with E-state index in [9.17, 15) is 9.90 Å². The van der Waals surface area contributed by atoms with Crippen molar-refractivity contribution >= 4 is 17.4 Å². The van der Waals surface area contributed by atoms with Crippen molar-refractivity contribution in [3.8, 4) is 22.6 Å². The summed E-state index contributed by atoms with van der Waals surface area (Å²) in [4.78, 5) is 22.6. The fourth-order valence-electron chi connectivity index (χ4n) is 5.11. The van der Waals surface area contributed by atoms with E-state index in [4.69, 9.17) is 19.4 Å². The smallest absolute Gasteiger partial charge is 0.257 e. The Balaban J connectivity index is 1.39. The highest BCUT2D eigenvalue weighted by atomic mass is 16.5. The molecule has 11 heteroatoms. The molecule has 11 nitrogen and oxygen atoms in total. The molecule has 0 radical (unpaired) electrons. The number of aliphatic hydroxyl groups excluding tert-OH is 1. The highest BCUT2D eigenvalue weighted by Gasteiger charge is 2.32. The van der Waals surface area contributed by atoms with E-state index < -0.39 is 6.10 Å². The van der Waals surface area contributed by atoms with Crippen molar-refractivity contribution in [2.75, 3.05) is 32.7 Å². The highest BCUT2D eigenvalue weighted by molar-refractivity contribution is 6.00. The van der Waals surface area contributed by atoms with Crippen molar-refractivity contribution in [1.29, 1.82) is 0 Å². The topological polar surface area (TPSA) is 128 Å². The first-order valence-electron chi connectivity index (χ1n) is 12.2. The number of aliphatic hydroxyl groups is 1. The van der Waals surface area contributed by atoms with Crippen molar-refractivity contribution in [3.63, 3.8) is 0 Å². The molecule has 2 aromatic heterocycles. The number of pyridine rings is 1. The zero-order valence-electron chi connectivity index (χ0n) is 20.2. The summed E-state index contributed by atoms with van der Waals surface area (Å²) in [5.41, 5.74) is 3.30. The van der Waals surface area contributed by atoms with Crippen LogP contribution in [0, 0.1) is 0 Å². The number of hydrogen-bond donors (Lipinski definition) is 3. The summed E-state index contributed by atoms with van der Waals surface area (Å²) in [6.07, 6.45) is 7.10. The Morgan fingerprint density at radius 2 is 2.14 bits per heavy atom. The molecule has 5 heterocycles. The second-order valence-corrected chi connectivity index (χ2v) is 9.32. The number of ether oxygens (including phenoxy) is 2.